The predicted molar refractivity (Wildman–Crippen MR) is 115 cm³/mol. The number of benzene rings is 1. The third-order valence-electron chi connectivity index (χ3n) is 5.42. The molecular formula is C22H27N3O5S. The summed E-state index contributed by atoms with van der Waals surface area (Å²) in [5, 5.41) is 0. The minimum Gasteiger partial charge on any atom is -0.486 e. The summed E-state index contributed by atoms with van der Waals surface area (Å²) in [4.78, 5) is 17.8. The first-order valence-corrected chi connectivity index (χ1v) is 12.0. The van der Waals surface area contributed by atoms with Crippen molar-refractivity contribution in [2.45, 2.75) is 37.6 Å². The van der Waals surface area contributed by atoms with E-state index in [1.165, 1.54) is 10.4 Å². The number of ether oxygens (including phenoxy) is 2. The standard InChI is InChI=1S/C22H27N3O5S/c1-16(2)23-21-5-3-4-10-25(21)22(26)17-8-11-24(12-9-17)31(27,28)18-6-7-19-20(15-18)30-14-13-29-19/h3-7,10,15-17H,8-9,11-14H2,1-2H3. The third kappa shape index (κ3) is 4.52. The fourth-order valence-electron chi connectivity index (χ4n) is 3.86. The van der Waals surface area contributed by atoms with E-state index in [1.54, 1.807) is 29.0 Å². The van der Waals surface area contributed by atoms with Crippen LogP contribution in [0.1, 0.15) is 31.5 Å². The molecule has 0 amide bonds. The summed E-state index contributed by atoms with van der Waals surface area (Å²) in [5.74, 6) is 0.702. The van der Waals surface area contributed by atoms with Crippen molar-refractivity contribution in [2.24, 2.45) is 10.9 Å². The smallest absolute Gasteiger partial charge is 0.243 e. The molecule has 0 aliphatic carbocycles. The molecule has 8 nitrogen and oxygen atoms in total. The summed E-state index contributed by atoms with van der Waals surface area (Å²) >= 11 is 0. The normalized spacial score (nSPS) is 18.4. The molecule has 3 heterocycles. The Labute approximate surface area is 182 Å². The number of fused-ring (bicyclic) bond motifs is 1. The van der Waals surface area contributed by atoms with Gasteiger partial charge < -0.3 is 9.47 Å². The van der Waals surface area contributed by atoms with Crippen LogP contribution in [0.3, 0.4) is 0 Å². The van der Waals surface area contributed by atoms with E-state index in [-0.39, 0.29) is 35.9 Å². The lowest BCUT2D eigenvalue weighted by Crippen LogP contribution is -2.42. The largest absolute Gasteiger partial charge is 0.486 e. The zero-order valence-corrected chi connectivity index (χ0v) is 18.5. The van der Waals surface area contributed by atoms with E-state index in [9.17, 15) is 13.2 Å². The number of piperidine rings is 1. The van der Waals surface area contributed by atoms with Crippen molar-refractivity contribution < 1.29 is 22.7 Å². The molecule has 0 N–H and O–H groups in total. The van der Waals surface area contributed by atoms with Crippen LogP contribution in [0.4, 0.5) is 0 Å². The van der Waals surface area contributed by atoms with Gasteiger partial charge in [-0.15, -0.1) is 0 Å². The van der Waals surface area contributed by atoms with Crippen molar-refractivity contribution in [3.8, 4) is 11.5 Å². The summed E-state index contributed by atoms with van der Waals surface area (Å²) in [6.07, 6.45) is 2.65. The summed E-state index contributed by atoms with van der Waals surface area (Å²) in [6, 6.07) is 10.2. The van der Waals surface area contributed by atoms with Gasteiger partial charge >= 0.3 is 0 Å². The van der Waals surface area contributed by atoms with Crippen molar-refractivity contribution in [1.29, 1.82) is 0 Å². The average molecular weight is 446 g/mol. The molecule has 1 aromatic carbocycles. The van der Waals surface area contributed by atoms with Crippen LogP contribution in [0.5, 0.6) is 11.5 Å². The maximum Gasteiger partial charge on any atom is 0.243 e. The molecule has 2 aliphatic rings. The quantitative estimate of drug-likeness (QED) is 0.720. The van der Waals surface area contributed by atoms with E-state index in [0.717, 1.165) is 0 Å². The van der Waals surface area contributed by atoms with Gasteiger partial charge in [0.15, 0.2) is 11.5 Å². The SMILES string of the molecule is CC(C)N=c1ccccn1C(=O)C1CCN(S(=O)(=O)c2ccc3c(c2)OCCO3)CC1. The van der Waals surface area contributed by atoms with E-state index in [0.29, 0.717) is 43.0 Å². The first-order valence-electron chi connectivity index (χ1n) is 10.5. The molecule has 31 heavy (non-hydrogen) atoms. The van der Waals surface area contributed by atoms with Crippen molar-refractivity contribution >= 4 is 15.9 Å². The van der Waals surface area contributed by atoms with Crippen LogP contribution in [-0.4, -0.2) is 55.5 Å². The Morgan fingerprint density at radius 3 is 2.48 bits per heavy atom. The van der Waals surface area contributed by atoms with Crippen LogP contribution in [0, 0.1) is 5.92 Å². The molecule has 1 fully saturated rings. The summed E-state index contributed by atoms with van der Waals surface area (Å²) in [6.45, 7) is 5.35. The van der Waals surface area contributed by atoms with Gasteiger partial charge in [-0.3, -0.25) is 14.4 Å². The van der Waals surface area contributed by atoms with Gasteiger partial charge in [-0.2, -0.15) is 4.31 Å². The lowest BCUT2D eigenvalue weighted by atomic mass is 9.97. The third-order valence-corrected chi connectivity index (χ3v) is 7.32. The lowest BCUT2D eigenvalue weighted by Gasteiger charge is -2.31. The monoisotopic (exact) mass is 445 g/mol. The van der Waals surface area contributed by atoms with E-state index < -0.39 is 10.0 Å². The number of aromatic nitrogens is 1. The van der Waals surface area contributed by atoms with Gasteiger partial charge in [0.2, 0.25) is 15.9 Å². The molecule has 1 saturated heterocycles. The predicted octanol–water partition coefficient (Wildman–Crippen LogP) is 2.31. The Morgan fingerprint density at radius 2 is 1.77 bits per heavy atom. The lowest BCUT2D eigenvalue weighted by molar-refractivity contribution is 0.0781. The van der Waals surface area contributed by atoms with Crippen LogP contribution in [0.15, 0.2) is 52.5 Å². The molecule has 2 aliphatic heterocycles. The molecule has 0 bridgehead atoms. The second-order valence-corrected chi connectivity index (χ2v) is 9.91. The number of carbonyl (C=O) groups is 1. The highest BCUT2D eigenvalue weighted by Crippen LogP contribution is 2.34. The van der Waals surface area contributed by atoms with Gasteiger partial charge in [-0.05, 0) is 51.0 Å². The number of sulfonamides is 1. The highest BCUT2D eigenvalue weighted by Gasteiger charge is 2.33. The molecule has 0 spiro atoms. The molecule has 4 rings (SSSR count). The Hall–Kier alpha value is -2.65. The van der Waals surface area contributed by atoms with Crippen LogP contribution in [0.25, 0.3) is 0 Å². The first kappa shape index (κ1) is 21.6. The molecule has 0 atom stereocenters. The number of carbonyl (C=O) groups excluding carboxylic acids is 1. The van der Waals surface area contributed by atoms with Gasteiger partial charge in [0.1, 0.15) is 18.7 Å². The highest BCUT2D eigenvalue weighted by molar-refractivity contribution is 7.89. The highest BCUT2D eigenvalue weighted by atomic mass is 32.2. The molecule has 1 aromatic heterocycles. The summed E-state index contributed by atoms with van der Waals surface area (Å²) < 4.78 is 40.2. The van der Waals surface area contributed by atoms with Gasteiger partial charge in [-0.25, -0.2) is 8.42 Å². The maximum absolute atomic E-state index is 13.1. The molecule has 0 unspecified atom stereocenters. The van der Waals surface area contributed by atoms with Gasteiger partial charge in [0.05, 0.1) is 4.90 Å². The van der Waals surface area contributed by atoms with Crippen molar-refractivity contribution in [2.75, 3.05) is 26.3 Å². The molecule has 9 heteroatoms. The molecule has 2 aromatic rings. The Morgan fingerprint density at radius 1 is 1.06 bits per heavy atom. The zero-order valence-electron chi connectivity index (χ0n) is 17.7. The van der Waals surface area contributed by atoms with E-state index >= 15 is 0 Å². The first-order chi connectivity index (χ1) is 14.9. The average Bonchev–Trinajstić information content (AvgIpc) is 2.78. The molecule has 166 valence electrons. The van der Waals surface area contributed by atoms with Gasteiger partial charge in [0, 0.05) is 37.3 Å². The summed E-state index contributed by atoms with van der Waals surface area (Å²) in [7, 11) is -3.67. The number of hydrogen-bond donors (Lipinski definition) is 0. The number of hydrogen-bond acceptors (Lipinski definition) is 6. The van der Waals surface area contributed by atoms with Crippen molar-refractivity contribution in [3.63, 3.8) is 0 Å². The fourth-order valence-corrected chi connectivity index (χ4v) is 5.35. The Bertz CT molecular complexity index is 1130. The van der Waals surface area contributed by atoms with Gasteiger partial charge in [-0.1, -0.05) is 6.07 Å². The topological polar surface area (TPSA) is 90.2 Å². The molecular weight excluding hydrogens is 418 g/mol. The fraction of sp³-hybridized carbons (Fsp3) is 0.455. The minimum atomic E-state index is -3.67. The Balaban J connectivity index is 1.48. The molecule has 0 radical (unpaired) electrons. The zero-order chi connectivity index (χ0) is 22.0. The second-order valence-electron chi connectivity index (χ2n) is 7.97. The van der Waals surface area contributed by atoms with Crippen LogP contribution in [0.2, 0.25) is 0 Å². The van der Waals surface area contributed by atoms with Crippen molar-refractivity contribution in [3.05, 3.63) is 48.1 Å². The van der Waals surface area contributed by atoms with Crippen LogP contribution >= 0.6 is 0 Å². The number of pyridine rings is 1. The van der Waals surface area contributed by atoms with Gasteiger partial charge in [0.25, 0.3) is 0 Å². The summed E-state index contributed by atoms with van der Waals surface area (Å²) in [5.41, 5.74) is 0.619. The van der Waals surface area contributed by atoms with E-state index in [1.807, 2.05) is 26.0 Å². The Kier molecular flexibility index (Phi) is 6.15. The maximum atomic E-state index is 13.1. The van der Waals surface area contributed by atoms with Crippen LogP contribution in [-0.2, 0) is 10.0 Å². The number of nitrogens with zero attached hydrogens (tertiary/aromatic N) is 3. The molecule has 0 saturated carbocycles. The van der Waals surface area contributed by atoms with Crippen molar-refractivity contribution in [1.82, 2.24) is 8.87 Å². The second kappa shape index (κ2) is 8.84. The minimum absolute atomic E-state index is 0.0450. The van der Waals surface area contributed by atoms with E-state index in [2.05, 4.69) is 4.99 Å². The van der Waals surface area contributed by atoms with Crippen LogP contribution < -0.4 is 15.0 Å². The van der Waals surface area contributed by atoms with E-state index in [4.69, 9.17) is 9.47 Å². The number of rotatable bonds is 4.